The van der Waals surface area contributed by atoms with E-state index in [1.807, 2.05) is 36.4 Å². The van der Waals surface area contributed by atoms with Gasteiger partial charge in [-0.05, 0) is 76.1 Å². The Morgan fingerprint density at radius 3 is 1.56 bits per heavy atom. The van der Waals surface area contributed by atoms with Crippen molar-refractivity contribution in [2.24, 2.45) is 0 Å². The van der Waals surface area contributed by atoms with Gasteiger partial charge < -0.3 is 0 Å². The van der Waals surface area contributed by atoms with Gasteiger partial charge in [0.1, 0.15) is 0 Å². The third-order valence-corrected chi connectivity index (χ3v) is 9.92. The first kappa shape index (κ1) is 18.3. The molecule has 0 saturated heterocycles. The maximum Gasteiger partial charge on any atom is 0.181 e. The zero-order chi connectivity index (χ0) is 18.7. The molecule has 0 aliphatic heterocycles. The third-order valence-electron chi connectivity index (χ3n) is 5.19. The zero-order valence-corrected chi connectivity index (χ0v) is 16.9. The molecule has 0 heterocycles. The van der Waals surface area contributed by atoms with Gasteiger partial charge in [0.05, 0.1) is 10.1 Å². The Hall–Kier alpha value is -2.04. The Morgan fingerprint density at radius 1 is 0.630 bits per heavy atom. The molecule has 1 aliphatic carbocycles. The highest BCUT2D eigenvalue weighted by molar-refractivity contribution is 8.17. The summed E-state index contributed by atoms with van der Waals surface area (Å²) in [4.78, 5) is 4.18. The van der Waals surface area contributed by atoms with E-state index in [9.17, 15) is 8.42 Å². The van der Waals surface area contributed by atoms with Gasteiger partial charge in [-0.2, -0.15) is 10.9 Å². The minimum atomic E-state index is -3.20. The molecule has 140 valence electrons. The number of hydrogen-bond acceptors (Lipinski definition) is 2. The van der Waals surface area contributed by atoms with Crippen LogP contribution in [0, 0.1) is 0 Å². The van der Waals surface area contributed by atoms with Crippen molar-refractivity contribution in [1.29, 1.82) is 0 Å². The van der Waals surface area contributed by atoms with Crippen molar-refractivity contribution in [3.8, 4) is 0 Å². The molecule has 1 saturated carbocycles. The molecule has 27 heavy (non-hydrogen) atoms. The number of benzene rings is 3. The van der Waals surface area contributed by atoms with E-state index in [0.29, 0.717) is 4.90 Å². The van der Waals surface area contributed by atoms with Gasteiger partial charge in [-0.3, -0.25) is 0 Å². The standard InChI is InChI=1S/C23H24O2S2/c24-27(25,22-13-7-8-14-22)23-17-15-21(16-18-23)26(19-9-3-1-4-10-19)20-11-5-2-6-12-20/h1-6,9-12,15-18,22,26H,7-8,13-14H2. The summed E-state index contributed by atoms with van der Waals surface area (Å²) in [5.41, 5.74) is 0. The SMILES string of the molecule is O=S(=O)(c1ccc([SH](c2ccccc2)c2ccccc2)cc1)C1CCCC1. The van der Waals surface area contributed by atoms with E-state index in [1.165, 1.54) is 14.7 Å². The van der Waals surface area contributed by atoms with Gasteiger partial charge in [0.25, 0.3) is 0 Å². The lowest BCUT2D eigenvalue weighted by molar-refractivity contribution is 0.579. The Kier molecular flexibility index (Phi) is 5.37. The van der Waals surface area contributed by atoms with Gasteiger partial charge in [-0.25, -0.2) is 8.42 Å². The first-order valence-corrected chi connectivity index (χ1v) is 12.3. The summed E-state index contributed by atoms with van der Waals surface area (Å²) in [6.07, 6.45) is 3.64. The van der Waals surface area contributed by atoms with Crippen LogP contribution in [0.15, 0.2) is 105 Å². The number of hydrogen-bond donors (Lipinski definition) is 1. The highest BCUT2D eigenvalue weighted by Crippen LogP contribution is 2.51. The topological polar surface area (TPSA) is 34.1 Å². The smallest absolute Gasteiger partial charge is 0.181 e. The molecular weight excluding hydrogens is 372 g/mol. The summed E-state index contributed by atoms with van der Waals surface area (Å²) in [6.45, 7) is 0. The number of thiol groups is 1. The lowest BCUT2D eigenvalue weighted by Gasteiger charge is -2.23. The molecule has 0 unspecified atom stereocenters. The first-order valence-electron chi connectivity index (χ1n) is 9.40. The predicted molar refractivity (Wildman–Crippen MR) is 113 cm³/mol. The minimum Gasteiger partial charge on any atom is -0.223 e. The van der Waals surface area contributed by atoms with Crippen LogP contribution in [0.2, 0.25) is 0 Å². The molecule has 1 fully saturated rings. The van der Waals surface area contributed by atoms with Crippen LogP contribution in [0.4, 0.5) is 0 Å². The second kappa shape index (κ2) is 7.91. The summed E-state index contributed by atoms with van der Waals surface area (Å²) in [5, 5.41) is -0.201. The second-order valence-corrected chi connectivity index (χ2v) is 11.4. The van der Waals surface area contributed by atoms with E-state index in [-0.39, 0.29) is 5.25 Å². The molecule has 0 bridgehead atoms. The van der Waals surface area contributed by atoms with Crippen molar-refractivity contribution in [2.45, 2.75) is 50.5 Å². The molecule has 4 rings (SSSR count). The lowest BCUT2D eigenvalue weighted by Crippen LogP contribution is -2.17. The Bertz CT molecular complexity index is 936. The van der Waals surface area contributed by atoms with Crippen molar-refractivity contribution in [3.05, 3.63) is 84.9 Å². The van der Waals surface area contributed by atoms with Crippen LogP contribution >= 0.6 is 10.9 Å². The molecule has 0 N–H and O–H groups in total. The van der Waals surface area contributed by atoms with Crippen LogP contribution in [-0.4, -0.2) is 13.7 Å². The third kappa shape index (κ3) is 3.83. The predicted octanol–water partition coefficient (Wildman–Crippen LogP) is 5.88. The van der Waals surface area contributed by atoms with Crippen LogP contribution < -0.4 is 0 Å². The maximum absolute atomic E-state index is 12.9. The lowest BCUT2D eigenvalue weighted by atomic mass is 10.3. The largest absolute Gasteiger partial charge is 0.223 e. The van der Waals surface area contributed by atoms with E-state index in [1.54, 1.807) is 0 Å². The fraction of sp³-hybridized carbons (Fsp3) is 0.217. The van der Waals surface area contributed by atoms with Crippen LogP contribution in [0.3, 0.4) is 0 Å². The molecule has 3 aromatic rings. The van der Waals surface area contributed by atoms with E-state index in [2.05, 4.69) is 48.5 Å². The Labute approximate surface area is 164 Å². The average Bonchev–Trinajstić information content (AvgIpc) is 3.26. The van der Waals surface area contributed by atoms with Crippen molar-refractivity contribution < 1.29 is 8.42 Å². The van der Waals surface area contributed by atoms with Crippen molar-refractivity contribution in [1.82, 2.24) is 0 Å². The van der Waals surface area contributed by atoms with Crippen LogP contribution in [-0.2, 0) is 9.84 Å². The molecule has 3 aromatic carbocycles. The molecule has 0 amide bonds. The highest BCUT2D eigenvalue weighted by atomic mass is 32.2. The number of sulfone groups is 1. The fourth-order valence-electron chi connectivity index (χ4n) is 3.78. The Balaban J connectivity index is 1.71. The molecule has 0 aromatic heterocycles. The molecule has 0 radical (unpaired) electrons. The molecule has 0 atom stereocenters. The van der Waals surface area contributed by atoms with Crippen molar-refractivity contribution >= 4 is 20.7 Å². The zero-order valence-electron chi connectivity index (χ0n) is 15.2. The van der Waals surface area contributed by atoms with E-state index < -0.39 is 20.7 Å². The summed E-state index contributed by atoms with van der Waals surface area (Å²) in [6, 6.07) is 28.6. The average molecular weight is 397 g/mol. The number of rotatable bonds is 5. The summed E-state index contributed by atoms with van der Waals surface area (Å²) in [5.74, 6) is 0. The Morgan fingerprint density at radius 2 is 1.07 bits per heavy atom. The highest BCUT2D eigenvalue weighted by Gasteiger charge is 2.30. The van der Waals surface area contributed by atoms with Gasteiger partial charge in [0.2, 0.25) is 0 Å². The van der Waals surface area contributed by atoms with Crippen molar-refractivity contribution in [2.75, 3.05) is 0 Å². The van der Waals surface area contributed by atoms with Crippen LogP contribution in [0.5, 0.6) is 0 Å². The monoisotopic (exact) mass is 396 g/mol. The fourth-order valence-corrected chi connectivity index (χ4v) is 7.91. The quantitative estimate of drug-likeness (QED) is 0.546. The summed E-state index contributed by atoms with van der Waals surface area (Å²) >= 11 is 0. The summed E-state index contributed by atoms with van der Waals surface area (Å²) in [7, 11) is -3.90. The van der Waals surface area contributed by atoms with Crippen LogP contribution in [0.1, 0.15) is 25.7 Å². The van der Waals surface area contributed by atoms with Gasteiger partial charge in [-0.1, -0.05) is 49.2 Å². The molecule has 1 aliphatic rings. The van der Waals surface area contributed by atoms with Gasteiger partial charge in [-0.15, -0.1) is 0 Å². The van der Waals surface area contributed by atoms with Crippen LogP contribution in [0.25, 0.3) is 0 Å². The maximum atomic E-state index is 12.9. The normalized spacial score (nSPS) is 15.6. The minimum absolute atomic E-state index is 0.201. The molecule has 4 heteroatoms. The first-order chi connectivity index (χ1) is 13.2. The molecule has 2 nitrogen and oxygen atoms in total. The van der Waals surface area contributed by atoms with Crippen molar-refractivity contribution in [3.63, 3.8) is 0 Å². The van der Waals surface area contributed by atoms with Gasteiger partial charge >= 0.3 is 0 Å². The van der Waals surface area contributed by atoms with E-state index in [4.69, 9.17) is 0 Å². The van der Waals surface area contributed by atoms with E-state index >= 15 is 0 Å². The van der Waals surface area contributed by atoms with Gasteiger partial charge in [0.15, 0.2) is 9.84 Å². The van der Waals surface area contributed by atoms with Gasteiger partial charge in [0, 0.05) is 0 Å². The molecule has 0 spiro atoms. The second-order valence-electron chi connectivity index (χ2n) is 6.95. The molecular formula is C23H24O2S2. The summed E-state index contributed by atoms with van der Waals surface area (Å²) < 4.78 is 25.7. The van der Waals surface area contributed by atoms with E-state index in [0.717, 1.165) is 25.7 Å².